The Morgan fingerprint density at radius 3 is 2.70 bits per heavy atom. The first-order valence-electron chi connectivity index (χ1n) is 9.10. The van der Waals surface area contributed by atoms with Gasteiger partial charge in [0.2, 0.25) is 0 Å². The zero-order valence-corrected chi connectivity index (χ0v) is 20.1. The molecule has 0 unspecified atom stereocenters. The Bertz CT molecular complexity index is 1110. The van der Waals surface area contributed by atoms with Crippen molar-refractivity contribution in [2.45, 2.75) is 43.4 Å². The van der Waals surface area contributed by atoms with Crippen molar-refractivity contribution in [3.63, 3.8) is 0 Å². The van der Waals surface area contributed by atoms with Crippen LogP contribution in [0.25, 0.3) is 11.2 Å². The molecule has 1 fully saturated rings. The van der Waals surface area contributed by atoms with Gasteiger partial charge in [0, 0.05) is 6.42 Å². The Morgan fingerprint density at radius 1 is 1.33 bits per heavy atom. The van der Waals surface area contributed by atoms with Gasteiger partial charge in [-0.2, -0.15) is 0 Å². The van der Waals surface area contributed by atoms with Crippen LogP contribution < -0.4 is 40.9 Å². The first kappa shape index (κ1) is 27.5. The molecule has 3 rings (SSSR count). The topological polar surface area (TPSA) is 249 Å². The van der Waals surface area contributed by atoms with Gasteiger partial charge < -0.3 is 36.4 Å². The standard InChI is InChI=1S/C15H20N5O11P.Na.H/c16-6(15(25)31-32(26,27)28)1-2-8(21)29-3-7-10(22)11(23)14(30-7)20-5-19-9-12(20)17-4-18-13(9)24;;/h4-7,10-11,14,22-23H,1-3,16H2,(H,17,18,24)(H2,26,27,28);;/q;+1;-1/t6-,7+,10+,11+,14+;;/m0../s1. The molecule has 0 spiro atoms. The second-order valence-corrected chi connectivity index (χ2v) is 7.99. The number of nitrogens with zero attached hydrogens (tertiary/aromatic N) is 3. The third kappa shape index (κ3) is 6.66. The van der Waals surface area contributed by atoms with E-state index in [1.54, 1.807) is 0 Å². The zero-order chi connectivity index (χ0) is 23.6. The van der Waals surface area contributed by atoms with Crippen LogP contribution in [-0.2, 0) is 28.2 Å². The van der Waals surface area contributed by atoms with Gasteiger partial charge in [0.15, 0.2) is 17.4 Å². The van der Waals surface area contributed by atoms with E-state index in [9.17, 15) is 29.2 Å². The van der Waals surface area contributed by atoms with E-state index in [0.29, 0.717) is 0 Å². The molecular weight excluding hydrogens is 480 g/mol. The summed E-state index contributed by atoms with van der Waals surface area (Å²) in [5.74, 6) is -2.23. The summed E-state index contributed by atoms with van der Waals surface area (Å²) in [7, 11) is -5.05. The Morgan fingerprint density at radius 2 is 2.03 bits per heavy atom. The number of aromatic amines is 1. The number of aliphatic hydroxyl groups excluding tert-OH is 2. The first-order valence-corrected chi connectivity index (χ1v) is 10.6. The van der Waals surface area contributed by atoms with Crippen LogP contribution in [0.3, 0.4) is 0 Å². The van der Waals surface area contributed by atoms with E-state index >= 15 is 0 Å². The van der Waals surface area contributed by atoms with E-state index in [1.165, 1.54) is 10.9 Å². The third-order valence-electron chi connectivity index (χ3n) is 4.56. The second kappa shape index (κ2) is 11.1. The molecule has 2 aromatic rings. The fourth-order valence-electron chi connectivity index (χ4n) is 2.97. The monoisotopic (exact) mass is 501 g/mol. The van der Waals surface area contributed by atoms with E-state index in [-0.39, 0.29) is 48.6 Å². The van der Waals surface area contributed by atoms with Crippen molar-refractivity contribution in [3.8, 4) is 0 Å². The minimum absolute atomic E-state index is 0. The third-order valence-corrected chi connectivity index (χ3v) is 4.97. The molecule has 1 aliphatic heterocycles. The van der Waals surface area contributed by atoms with Crippen molar-refractivity contribution in [2.24, 2.45) is 5.73 Å². The summed E-state index contributed by atoms with van der Waals surface area (Å²) >= 11 is 0. The molecule has 1 saturated heterocycles. The number of rotatable bonds is 8. The smallest absolute Gasteiger partial charge is 1.00 e. The van der Waals surface area contributed by atoms with Crippen molar-refractivity contribution in [2.75, 3.05) is 6.61 Å². The summed E-state index contributed by atoms with van der Waals surface area (Å²) in [5.41, 5.74) is 5.00. The molecule has 0 aromatic carbocycles. The number of imidazole rings is 1. The number of carbonyl (C=O) groups is 2. The second-order valence-electron chi connectivity index (χ2n) is 6.83. The zero-order valence-electron chi connectivity index (χ0n) is 18.2. The normalized spacial score (nSPS) is 23.7. The minimum Gasteiger partial charge on any atom is -1.00 e. The molecule has 0 aliphatic carbocycles. The van der Waals surface area contributed by atoms with Crippen molar-refractivity contribution < 1.29 is 79.1 Å². The fraction of sp³-hybridized carbons (Fsp3) is 0.533. The van der Waals surface area contributed by atoms with Crippen molar-refractivity contribution in [1.29, 1.82) is 0 Å². The first-order chi connectivity index (χ1) is 15.0. The van der Waals surface area contributed by atoms with Crippen LogP contribution in [0.5, 0.6) is 0 Å². The number of nitrogens with one attached hydrogen (secondary N) is 1. The van der Waals surface area contributed by atoms with E-state index in [1.807, 2.05) is 0 Å². The quantitative estimate of drug-likeness (QED) is 0.112. The van der Waals surface area contributed by atoms with Crippen LogP contribution in [0.1, 0.15) is 20.5 Å². The van der Waals surface area contributed by atoms with Gasteiger partial charge in [0.05, 0.1) is 12.7 Å². The van der Waals surface area contributed by atoms with Gasteiger partial charge in [0.1, 0.15) is 31.0 Å². The average Bonchev–Trinajstić information content (AvgIpc) is 3.26. The summed E-state index contributed by atoms with van der Waals surface area (Å²) in [4.78, 5) is 62.4. The molecule has 0 amide bonds. The molecule has 1 aliphatic rings. The van der Waals surface area contributed by atoms with E-state index in [0.717, 1.165) is 6.33 Å². The van der Waals surface area contributed by atoms with Crippen molar-refractivity contribution in [1.82, 2.24) is 19.5 Å². The number of carbonyl (C=O) groups excluding carboxylic acids is 2. The number of hydrogen-bond acceptors (Lipinski definition) is 12. The summed E-state index contributed by atoms with van der Waals surface area (Å²) < 4.78 is 26.2. The number of phosphoric acid groups is 1. The largest absolute Gasteiger partial charge is 1.00 e. The summed E-state index contributed by atoms with van der Waals surface area (Å²) in [6, 6.07) is -1.47. The number of ether oxygens (including phenoxy) is 2. The molecule has 178 valence electrons. The van der Waals surface area contributed by atoms with Crippen molar-refractivity contribution in [3.05, 3.63) is 23.0 Å². The maximum atomic E-state index is 11.9. The average molecular weight is 501 g/mol. The number of aliphatic hydroxyl groups is 2. The maximum absolute atomic E-state index is 11.9. The predicted octanol–water partition coefficient (Wildman–Crippen LogP) is -5.86. The van der Waals surface area contributed by atoms with Crippen LogP contribution in [0.4, 0.5) is 0 Å². The van der Waals surface area contributed by atoms with Crippen LogP contribution in [0, 0.1) is 0 Å². The van der Waals surface area contributed by atoms with E-state index in [4.69, 9.17) is 25.0 Å². The molecule has 2 aromatic heterocycles. The fourth-order valence-corrected chi connectivity index (χ4v) is 3.34. The van der Waals surface area contributed by atoms with Gasteiger partial charge in [-0.05, 0) is 6.42 Å². The van der Waals surface area contributed by atoms with E-state index < -0.39 is 68.9 Å². The molecule has 3 heterocycles. The summed E-state index contributed by atoms with van der Waals surface area (Å²) in [5, 5.41) is 20.5. The molecule has 33 heavy (non-hydrogen) atoms. The number of esters is 1. The van der Waals surface area contributed by atoms with Crippen LogP contribution in [0.2, 0.25) is 0 Å². The number of fused-ring (bicyclic) bond motifs is 1. The molecule has 18 heteroatoms. The Hall–Kier alpha value is -1.72. The van der Waals surface area contributed by atoms with Gasteiger partial charge in [-0.1, -0.05) is 0 Å². The summed E-state index contributed by atoms with van der Waals surface area (Å²) in [6.45, 7) is -0.462. The van der Waals surface area contributed by atoms with Crippen LogP contribution in [-0.4, -0.2) is 82.4 Å². The molecular formula is C15H21N5NaO11P. The predicted molar refractivity (Wildman–Crippen MR) is 101 cm³/mol. The Balaban J connectivity index is 0.00000289. The molecule has 16 nitrogen and oxygen atoms in total. The van der Waals surface area contributed by atoms with Gasteiger partial charge in [-0.15, -0.1) is 0 Å². The van der Waals surface area contributed by atoms with Gasteiger partial charge >= 0.3 is 49.3 Å². The number of H-pyrrole nitrogens is 1. The SMILES string of the molecule is N[C@@H](CCC(=O)OC[C@H]1O[C@@H](n2cnc3c(=O)[nH]cnc32)[C@H](O)[C@@H]1O)C(=O)OP(=O)(O)O.[H-].[Na+]. The molecule has 0 radical (unpaired) electrons. The number of hydrogen-bond donors (Lipinski definition) is 6. The molecule has 0 bridgehead atoms. The number of aromatic nitrogens is 4. The minimum atomic E-state index is -5.05. The Kier molecular flexibility index (Phi) is 9.29. The van der Waals surface area contributed by atoms with Gasteiger partial charge in [-0.25, -0.2) is 19.3 Å². The van der Waals surface area contributed by atoms with Gasteiger partial charge in [0.25, 0.3) is 5.56 Å². The van der Waals surface area contributed by atoms with Crippen LogP contribution in [0.15, 0.2) is 17.4 Å². The Labute approximate surface area is 208 Å². The van der Waals surface area contributed by atoms with E-state index in [2.05, 4.69) is 19.5 Å². The number of phosphoric ester groups is 1. The van der Waals surface area contributed by atoms with Gasteiger partial charge in [-0.3, -0.25) is 23.9 Å². The maximum Gasteiger partial charge on any atom is 1.00 e. The van der Waals surface area contributed by atoms with Crippen molar-refractivity contribution >= 4 is 30.9 Å². The van der Waals surface area contributed by atoms with Crippen LogP contribution >= 0.6 is 7.82 Å². The molecule has 0 saturated carbocycles. The molecule has 7 N–H and O–H groups in total. The summed E-state index contributed by atoms with van der Waals surface area (Å²) in [6.07, 6.45) is -3.57. The molecule has 5 atom stereocenters. The number of nitrogens with two attached hydrogens (primary N) is 1.